The van der Waals surface area contributed by atoms with Crippen LogP contribution >= 0.6 is 11.3 Å². The topological polar surface area (TPSA) is 166 Å². The fraction of sp³-hybridized carbons (Fsp3) is 0.333. The van der Waals surface area contributed by atoms with Crippen molar-refractivity contribution in [3.63, 3.8) is 0 Å². The molecule has 11 nitrogen and oxygen atoms in total. The van der Waals surface area contributed by atoms with Crippen LogP contribution in [0.5, 0.6) is 23.0 Å². The average Bonchev–Trinajstić information content (AvgIpc) is 3.42. The molecule has 1 aromatic heterocycles. The highest BCUT2D eigenvalue weighted by Crippen LogP contribution is 2.53. The van der Waals surface area contributed by atoms with Crippen molar-refractivity contribution in [3.8, 4) is 23.0 Å². The van der Waals surface area contributed by atoms with Crippen LogP contribution in [0.4, 0.5) is 0 Å². The summed E-state index contributed by atoms with van der Waals surface area (Å²) in [6.07, 6.45) is -0.745. The van der Waals surface area contributed by atoms with Crippen LogP contribution < -0.4 is 9.47 Å². The molecule has 2 aromatic carbocycles. The van der Waals surface area contributed by atoms with Crippen molar-refractivity contribution in [2.75, 3.05) is 14.2 Å². The van der Waals surface area contributed by atoms with Gasteiger partial charge in [0.2, 0.25) is 5.60 Å². The number of carbonyl (C=O) groups is 2. The van der Waals surface area contributed by atoms with Gasteiger partial charge in [-0.3, -0.25) is 14.9 Å². The lowest BCUT2D eigenvalue weighted by molar-refractivity contribution is -0.580. The molecule has 0 aliphatic carbocycles. The Kier molecular flexibility index (Phi) is 8.11. The Hall–Kier alpha value is -4.32. The number of phenolic OH excluding ortho intramolecular Hbond substituents is 2. The maximum atomic E-state index is 13.2. The molecule has 0 fully saturated rings. The fourth-order valence-electron chi connectivity index (χ4n) is 5.04. The number of phenols is 2. The molecule has 0 bridgehead atoms. The minimum atomic E-state index is -2.97. The van der Waals surface area contributed by atoms with Crippen LogP contribution in [0.3, 0.4) is 0 Å². The molecular weight excluding hydrogens is 530 g/mol. The molecule has 0 radical (unpaired) electrons. The quantitative estimate of drug-likeness (QED) is 0.176. The maximum Gasteiger partial charge on any atom is 0.387 e. The molecule has 0 amide bonds. The summed E-state index contributed by atoms with van der Waals surface area (Å²) in [6.45, 7) is 3.81. The van der Waals surface area contributed by atoms with Gasteiger partial charge in [-0.15, -0.1) is 0 Å². The molecule has 12 heteroatoms. The lowest BCUT2D eigenvalue weighted by Crippen LogP contribution is -2.73. The van der Waals surface area contributed by atoms with E-state index in [9.17, 15) is 35.0 Å². The molecule has 0 aliphatic heterocycles. The summed E-state index contributed by atoms with van der Waals surface area (Å²) in [6, 6.07) is 9.70. The van der Waals surface area contributed by atoms with Crippen LogP contribution in [-0.4, -0.2) is 57.5 Å². The van der Waals surface area contributed by atoms with E-state index in [1.165, 1.54) is 68.9 Å². The van der Waals surface area contributed by atoms with Crippen LogP contribution in [0.1, 0.15) is 37.5 Å². The first kappa shape index (κ1) is 29.2. The Balaban J connectivity index is 2.47. The largest absolute Gasteiger partial charge is 0.504 e. The van der Waals surface area contributed by atoms with Crippen molar-refractivity contribution in [2.45, 2.75) is 43.7 Å². The Morgan fingerprint density at radius 1 is 0.974 bits per heavy atom. The van der Waals surface area contributed by atoms with E-state index in [1.807, 2.05) is 0 Å². The van der Waals surface area contributed by atoms with E-state index in [1.54, 1.807) is 23.8 Å². The molecule has 39 heavy (non-hydrogen) atoms. The predicted molar refractivity (Wildman–Crippen MR) is 141 cm³/mol. The lowest BCUT2D eigenvalue weighted by atomic mass is 9.57. The van der Waals surface area contributed by atoms with Gasteiger partial charge in [0.15, 0.2) is 23.0 Å². The van der Waals surface area contributed by atoms with Gasteiger partial charge in [-0.2, -0.15) is 11.3 Å². The number of carboxylic acid groups (broad SMARTS) is 1. The summed E-state index contributed by atoms with van der Waals surface area (Å²) in [5, 5.41) is 47.3. The molecule has 0 saturated heterocycles. The van der Waals surface area contributed by atoms with E-state index in [2.05, 4.69) is 0 Å². The minimum Gasteiger partial charge on any atom is -0.504 e. The average molecular weight is 560 g/mol. The third-order valence-corrected chi connectivity index (χ3v) is 8.00. The molecule has 208 valence electrons. The molecule has 3 rings (SSSR count). The molecule has 0 aliphatic rings. The number of carboxylic acids is 1. The highest BCUT2D eigenvalue weighted by Gasteiger charge is 2.74. The number of ether oxygens (including phenoxy) is 3. The van der Waals surface area contributed by atoms with E-state index in [0.29, 0.717) is 5.56 Å². The van der Waals surface area contributed by atoms with Crippen molar-refractivity contribution in [2.24, 2.45) is 0 Å². The number of thiophene rings is 1. The SMILES string of the molecule is COc1cc(CC(C(=O)O)([N+](=O)[O-])C(C)(OC(C)=O)C(C)(c2ccsc2)c2ccc(O)c(OC)c2)ccc1O. The summed E-state index contributed by atoms with van der Waals surface area (Å²) in [4.78, 5) is 37.9. The van der Waals surface area contributed by atoms with E-state index < -0.39 is 39.8 Å². The van der Waals surface area contributed by atoms with Crippen LogP contribution in [0.2, 0.25) is 0 Å². The maximum absolute atomic E-state index is 13.2. The zero-order chi connectivity index (χ0) is 29.2. The lowest BCUT2D eigenvalue weighted by Gasteiger charge is -2.49. The molecule has 1 heterocycles. The van der Waals surface area contributed by atoms with Crippen molar-refractivity contribution >= 4 is 23.3 Å². The van der Waals surface area contributed by atoms with Gasteiger partial charge in [-0.1, -0.05) is 12.1 Å². The molecule has 3 unspecified atom stereocenters. The summed E-state index contributed by atoms with van der Waals surface area (Å²) in [7, 11) is 2.61. The zero-order valence-electron chi connectivity index (χ0n) is 22.0. The normalized spacial score (nSPS) is 15.7. The van der Waals surface area contributed by atoms with Gasteiger partial charge >= 0.3 is 17.5 Å². The standard InChI is InChI=1S/C27H29NO10S/c1-16(29)38-26(3,25(2,19-10-11-39-15-19)18-7-9-21(31)23(13-18)37-5)27(24(32)33,28(34)35)14-17-6-8-20(30)22(12-17)36-4/h6-13,15,30-31H,14H2,1-5H3,(H,32,33). The Morgan fingerprint density at radius 3 is 2.05 bits per heavy atom. The van der Waals surface area contributed by atoms with Gasteiger partial charge in [0.1, 0.15) is 0 Å². The summed E-state index contributed by atoms with van der Waals surface area (Å²) in [5.74, 6) is -3.24. The second-order valence-electron chi connectivity index (χ2n) is 9.26. The first-order valence-corrected chi connectivity index (χ1v) is 12.6. The Labute approximate surface area is 228 Å². The number of rotatable bonds is 11. The monoisotopic (exact) mass is 559 g/mol. The smallest absolute Gasteiger partial charge is 0.387 e. The molecule has 0 spiro atoms. The Morgan fingerprint density at radius 2 is 1.56 bits per heavy atom. The third kappa shape index (κ3) is 4.71. The Bertz CT molecular complexity index is 1380. The van der Waals surface area contributed by atoms with E-state index in [4.69, 9.17) is 14.2 Å². The predicted octanol–water partition coefficient (Wildman–Crippen LogP) is 4.15. The molecule has 3 N–H and O–H groups in total. The van der Waals surface area contributed by atoms with E-state index in [-0.39, 0.29) is 34.1 Å². The number of nitro groups is 1. The highest BCUT2D eigenvalue weighted by atomic mass is 32.1. The van der Waals surface area contributed by atoms with Crippen molar-refractivity contribution in [1.82, 2.24) is 0 Å². The van der Waals surface area contributed by atoms with Crippen LogP contribution in [0.15, 0.2) is 53.2 Å². The van der Waals surface area contributed by atoms with Gasteiger partial charge in [0, 0.05) is 11.8 Å². The second kappa shape index (κ2) is 10.8. The van der Waals surface area contributed by atoms with Crippen molar-refractivity contribution in [3.05, 3.63) is 80.0 Å². The van der Waals surface area contributed by atoms with Crippen molar-refractivity contribution in [1.29, 1.82) is 0 Å². The number of hydrogen-bond donors (Lipinski definition) is 3. The molecule has 0 saturated carbocycles. The van der Waals surface area contributed by atoms with E-state index >= 15 is 0 Å². The molecule has 3 atom stereocenters. The number of methoxy groups -OCH3 is 2. The fourth-order valence-corrected chi connectivity index (χ4v) is 5.80. The van der Waals surface area contributed by atoms with Gasteiger partial charge < -0.3 is 29.5 Å². The van der Waals surface area contributed by atoms with Crippen LogP contribution in [0, 0.1) is 10.1 Å². The van der Waals surface area contributed by atoms with Crippen molar-refractivity contribution < 1.29 is 44.0 Å². The first-order chi connectivity index (χ1) is 18.3. The summed E-state index contributed by atoms with van der Waals surface area (Å²) < 4.78 is 16.2. The summed E-state index contributed by atoms with van der Waals surface area (Å²) >= 11 is 1.26. The third-order valence-electron chi connectivity index (χ3n) is 7.32. The minimum absolute atomic E-state index is 0.0202. The number of nitrogens with zero attached hydrogens (tertiary/aromatic N) is 1. The van der Waals surface area contributed by atoms with Gasteiger partial charge in [0.05, 0.1) is 26.1 Å². The number of esters is 1. The molecule has 3 aromatic rings. The first-order valence-electron chi connectivity index (χ1n) is 11.6. The van der Waals surface area contributed by atoms with Gasteiger partial charge in [0.25, 0.3) is 0 Å². The van der Waals surface area contributed by atoms with Crippen LogP contribution in [-0.2, 0) is 26.2 Å². The number of aromatic hydroxyl groups is 2. The number of hydrogen-bond acceptors (Lipinski definition) is 10. The molecular formula is C27H29NO10S. The number of carbonyl (C=O) groups excluding carboxylic acids is 1. The van der Waals surface area contributed by atoms with Gasteiger partial charge in [-0.05, 0) is 71.6 Å². The number of benzene rings is 2. The number of aliphatic carboxylic acids is 1. The van der Waals surface area contributed by atoms with E-state index in [0.717, 1.165) is 6.92 Å². The van der Waals surface area contributed by atoms with Gasteiger partial charge in [-0.25, -0.2) is 4.79 Å². The summed E-state index contributed by atoms with van der Waals surface area (Å²) in [5.41, 5.74) is -6.18. The highest BCUT2D eigenvalue weighted by molar-refractivity contribution is 7.08. The zero-order valence-corrected chi connectivity index (χ0v) is 22.8. The van der Waals surface area contributed by atoms with Crippen LogP contribution in [0.25, 0.3) is 0 Å². The second-order valence-corrected chi connectivity index (χ2v) is 10.0.